The summed E-state index contributed by atoms with van der Waals surface area (Å²) in [6.45, 7) is 5.33. The molecule has 0 spiro atoms. The molecule has 4 fully saturated rings. The largest absolute Gasteiger partial charge is 0.0594 e. The molecule has 0 aromatic carbocycles. The summed E-state index contributed by atoms with van der Waals surface area (Å²) in [5, 5.41) is 0. The van der Waals surface area contributed by atoms with Gasteiger partial charge in [-0.3, -0.25) is 0 Å². The van der Waals surface area contributed by atoms with Gasteiger partial charge in [-0.25, -0.2) is 0 Å². The van der Waals surface area contributed by atoms with E-state index in [2.05, 4.69) is 13.8 Å². The highest BCUT2D eigenvalue weighted by Crippen LogP contribution is 2.66. The van der Waals surface area contributed by atoms with Crippen molar-refractivity contribution in [3.05, 3.63) is 0 Å². The monoisotopic (exact) mass is 260 g/mol. The molecule has 4 aliphatic rings. The van der Waals surface area contributed by atoms with E-state index in [-0.39, 0.29) is 0 Å². The predicted molar refractivity (Wildman–Crippen MR) is 81.0 cm³/mol. The van der Waals surface area contributed by atoms with Crippen molar-refractivity contribution in [2.75, 3.05) is 0 Å². The van der Waals surface area contributed by atoms with Crippen LogP contribution in [0.2, 0.25) is 0 Å². The van der Waals surface area contributed by atoms with E-state index in [1.54, 1.807) is 51.4 Å². The normalized spacial score (nSPS) is 57.2. The van der Waals surface area contributed by atoms with Gasteiger partial charge in [0, 0.05) is 0 Å². The Morgan fingerprint density at radius 3 is 2.47 bits per heavy atom. The maximum atomic E-state index is 2.70. The first-order valence-electron chi connectivity index (χ1n) is 9.13. The summed E-state index contributed by atoms with van der Waals surface area (Å²) in [4.78, 5) is 0. The molecule has 0 aliphatic heterocycles. The van der Waals surface area contributed by atoms with Gasteiger partial charge in [-0.15, -0.1) is 0 Å². The van der Waals surface area contributed by atoms with Gasteiger partial charge in [-0.05, 0) is 85.9 Å². The van der Waals surface area contributed by atoms with Crippen LogP contribution in [0.3, 0.4) is 0 Å². The molecule has 3 unspecified atom stereocenters. The van der Waals surface area contributed by atoms with Crippen LogP contribution < -0.4 is 0 Å². The van der Waals surface area contributed by atoms with Gasteiger partial charge < -0.3 is 0 Å². The standard InChI is InChI=1S/C19H32/c1-18-11-5-7-16(18)15-9-8-14-6-3-4-12-19(14,2)17(15)10-13-18/h14-17H,3-13H2,1-2H3/t14-,15?,16?,17?,18+,19+/m1/s1. The topological polar surface area (TPSA) is 0 Å². The van der Waals surface area contributed by atoms with Gasteiger partial charge in [0.15, 0.2) is 0 Å². The summed E-state index contributed by atoms with van der Waals surface area (Å²) in [7, 11) is 0. The maximum Gasteiger partial charge on any atom is -0.0266 e. The average Bonchev–Trinajstić information content (AvgIpc) is 2.79. The van der Waals surface area contributed by atoms with Gasteiger partial charge >= 0.3 is 0 Å². The van der Waals surface area contributed by atoms with Gasteiger partial charge in [0.2, 0.25) is 0 Å². The highest BCUT2D eigenvalue weighted by molar-refractivity contribution is 5.06. The average molecular weight is 260 g/mol. The van der Waals surface area contributed by atoms with Crippen molar-refractivity contribution in [2.24, 2.45) is 34.5 Å². The Kier molecular flexibility index (Phi) is 2.84. The highest BCUT2D eigenvalue weighted by atomic mass is 14.6. The van der Waals surface area contributed by atoms with Crippen molar-refractivity contribution in [1.29, 1.82) is 0 Å². The second-order valence-electron chi connectivity index (χ2n) is 8.99. The molecular weight excluding hydrogens is 228 g/mol. The minimum Gasteiger partial charge on any atom is -0.0594 e. The SMILES string of the molecule is C[C@@]12CCCC1C1CC[C@H]3CCCC[C@]3(C)C1CC2. The number of fused-ring (bicyclic) bond motifs is 5. The molecule has 0 heterocycles. The smallest absolute Gasteiger partial charge is 0.0266 e. The van der Waals surface area contributed by atoms with Crippen LogP contribution in [-0.4, -0.2) is 0 Å². The fraction of sp³-hybridized carbons (Fsp3) is 1.00. The molecule has 6 atom stereocenters. The molecule has 0 nitrogen and oxygen atoms in total. The summed E-state index contributed by atoms with van der Waals surface area (Å²) >= 11 is 0. The minimum absolute atomic E-state index is 0.741. The van der Waals surface area contributed by atoms with Crippen LogP contribution in [0.4, 0.5) is 0 Å². The third-order valence-corrected chi connectivity index (χ3v) is 8.36. The van der Waals surface area contributed by atoms with Crippen molar-refractivity contribution in [1.82, 2.24) is 0 Å². The highest BCUT2D eigenvalue weighted by Gasteiger charge is 2.56. The zero-order valence-electron chi connectivity index (χ0n) is 13.1. The van der Waals surface area contributed by atoms with Crippen LogP contribution in [0.15, 0.2) is 0 Å². The lowest BCUT2D eigenvalue weighted by molar-refractivity contribution is -0.103. The molecule has 4 rings (SSSR count). The van der Waals surface area contributed by atoms with Gasteiger partial charge in [0.1, 0.15) is 0 Å². The first-order chi connectivity index (χ1) is 9.13. The molecule has 0 N–H and O–H groups in total. The van der Waals surface area contributed by atoms with Crippen LogP contribution in [0.5, 0.6) is 0 Å². The number of hydrogen-bond donors (Lipinski definition) is 0. The Balaban J connectivity index is 1.64. The Hall–Kier alpha value is 0. The summed E-state index contributed by atoms with van der Waals surface area (Å²) in [6, 6.07) is 0. The van der Waals surface area contributed by atoms with Gasteiger partial charge in [0.05, 0.1) is 0 Å². The van der Waals surface area contributed by atoms with Crippen LogP contribution in [-0.2, 0) is 0 Å². The van der Waals surface area contributed by atoms with Crippen molar-refractivity contribution < 1.29 is 0 Å². The fourth-order valence-corrected chi connectivity index (χ4v) is 7.29. The first-order valence-corrected chi connectivity index (χ1v) is 9.13. The summed E-state index contributed by atoms with van der Waals surface area (Å²) in [5.74, 6) is 4.41. The molecule has 4 aliphatic carbocycles. The van der Waals surface area contributed by atoms with E-state index >= 15 is 0 Å². The third-order valence-electron chi connectivity index (χ3n) is 8.36. The van der Waals surface area contributed by atoms with Gasteiger partial charge in [-0.2, -0.15) is 0 Å². The van der Waals surface area contributed by atoms with Crippen molar-refractivity contribution in [3.63, 3.8) is 0 Å². The summed E-state index contributed by atoms with van der Waals surface area (Å²) in [5.41, 5.74) is 1.49. The fourth-order valence-electron chi connectivity index (χ4n) is 7.29. The lowest BCUT2D eigenvalue weighted by Crippen LogP contribution is -2.51. The molecule has 0 amide bonds. The second-order valence-corrected chi connectivity index (χ2v) is 8.99. The molecule has 0 saturated heterocycles. The zero-order chi connectivity index (χ0) is 13.1. The lowest BCUT2D eigenvalue weighted by atomic mass is 9.45. The first kappa shape index (κ1) is 12.7. The minimum atomic E-state index is 0.741. The van der Waals surface area contributed by atoms with E-state index in [9.17, 15) is 0 Å². The summed E-state index contributed by atoms with van der Waals surface area (Å²) in [6.07, 6.45) is 17.1. The Bertz CT molecular complexity index is 359. The van der Waals surface area contributed by atoms with Gasteiger partial charge in [-0.1, -0.05) is 33.1 Å². The zero-order valence-corrected chi connectivity index (χ0v) is 13.1. The third kappa shape index (κ3) is 1.70. The summed E-state index contributed by atoms with van der Waals surface area (Å²) < 4.78 is 0. The Morgan fingerprint density at radius 2 is 1.58 bits per heavy atom. The van der Waals surface area contributed by atoms with E-state index in [0.29, 0.717) is 0 Å². The van der Waals surface area contributed by atoms with Crippen molar-refractivity contribution in [3.8, 4) is 0 Å². The quantitative estimate of drug-likeness (QED) is 0.515. The predicted octanol–water partition coefficient (Wildman–Crippen LogP) is 5.81. The van der Waals surface area contributed by atoms with Crippen LogP contribution in [0, 0.1) is 34.5 Å². The molecule has 0 heteroatoms. The number of hydrogen-bond acceptors (Lipinski definition) is 0. The second kappa shape index (κ2) is 4.25. The Morgan fingerprint density at radius 1 is 0.684 bits per heavy atom. The van der Waals surface area contributed by atoms with E-state index in [1.165, 1.54) is 19.3 Å². The molecular formula is C19H32. The lowest BCUT2D eigenvalue weighted by Gasteiger charge is -2.60. The molecule has 0 aromatic rings. The van der Waals surface area contributed by atoms with Crippen LogP contribution >= 0.6 is 0 Å². The van der Waals surface area contributed by atoms with Crippen molar-refractivity contribution >= 4 is 0 Å². The molecule has 0 radical (unpaired) electrons. The van der Waals surface area contributed by atoms with E-state index in [0.717, 1.165) is 34.5 Å². The van der Waals surface area contributed by atoms with E-state index in [1.807, 2.05) is 0 Å². The maximum absolute atomic E-state index is 2.70. The molecule has 4 saturated carbocycles. The number of rotatable bonds is 0. The van der Waals surface area contributed by atoms with E-state index in [4.69, 9.17) is 0 Å². The van der Waals surface area contributed by atoms with Gasteiger partial charge in [0.25, 0.3) is 0 Å². The molecule has 0 bridgehead atoms. The molecule has 108 valence electrons. The molecule has 19 heavy (non-hydrogen) atoms. The van der Waals surface area contributed by atoms with Crippen LogP contribution in [0.25, 0.3) is 0 Å². The Labute approximate surface area is 119 Å². The van der Waals surface area contributed by atoms with Crippen molar-refractivity contribution in [2.45, 2.75) is 84.5 Å². The van der Waals surface area contributed by atoms with Crippen LogP contribution in [0.1, 0.15) is 84.5 Å². The molecule has 0 aromatic heterocycles. The van der Waals surface area contributed by atoms with E-state index < -0.39 is 0 Å².